The van der Waals surface area contributed by atoms with Gasteiger partial charge in [0.1, 0.15) is 19.0 Å². The van der Waals surface area contributed by atoms with Crippen LogP contribution in [0, 0.1) is 10.1 Å². The Kier molecular flexibility index (Phi) is 5.61. The maximum Gasteiger partial charge on any atom is 0.295 e. The number of nitrogens with zero attached hydrogens (tertiary/aromatic N) is 3. The lowest BCUT2D eigenvalue weighted by Gasteiger charge is -2.25. The number of non-ortho nitro benzene ring substituents is 1. The molecule has 2 aliphatic rings. The van der Waals surface area contributed by atoms with E-state index in [0.717, 1.165) is 0 Å². The van der Waals surface area contributed by atoms with Crippen LogP contribution in [0.5, 0.6) is 11.5 Å². The second-order valence-electron chi connectivity index (χ2n) is 8.00. The summed E-state index contributed by atoms with van der Waals surface area (Å²) in [6.45, 7) is 0.745. The molecule has 0 unspecified atom stereocenters. The molecule has 10 nitrogen and oxygen atoms in total. The number of aliphatic hydroxyl groups excluding tert-OH is 1. The Labute approximate surface area is 199 Å². The number of nitro benzene ring substituents is 1. The molecular formula is C25H19N3O7. The van der Waals surface area contributed by atoms with E-state index in [1.807, 2.05) is 0 Å². The minimum atomic E-state index is -1.05. The molecule has 0 aliphatic carbocycles. The topological polar surface area (TPSA) is 132 Å². The number of nitro groups is 1. The van der Waals surface area contributed by atoms with E-state index in [4.69, 9.17) is 9.47 Å². The predicted molar refractivity (Wildman–Crippen MR) is 123 cm³/mol. The number of likely N-dealkylation sites (tertiary alicyclic amines) is 1. The van der Waals surface area contributed by atoms with Gasteiger partial charge in [-0.1, -0.05) is 18.2 Å². The van der Waals surface area contributed by atoms with Gasteiger partial charge in [-0.3, -0.25) is 24.7 Å². The Bertz CT molecular complexity index is 1370. The van der Waals surface area contributed by atoms with Crippen LogP contribution in [0.25, 0.3) is 5.76 Å². The number of pyridine rings is 1. The van der Waals surface area contributed by atoms with Gasteiger partial charge in [0.05, 0.1) is 16.5 Å². The summed E-state index contributed by atoms with van der Waals surface area (Å²) < 4.78 is 11.1. The van der Waals surface area contributed by atoms with Crippen molar-refractivity contribution in [3.63, 3.8) is 0 Å². The Morgan fingerprint density at radius 2 is 1.89 bits per heavy atom. The molecule has 1 fully saturated rings. The number of benzene rings is 2. The lowest BCUT2D eigenvalue weighted by atomic mass is 9.94. The van der Waals surface area contributed by atoms with E-state index >= 15 is 0 Å². The van der Waals surface area contributed by atoms with Gasteiger partial charge in [-0.25, -0.2) is 0 Å². The predicted octanol–water partition coefficient (Wildman–Crippen LogP) is 3.38. The maximum atomic E-state index is 13.2. The SMILES string of the molecule is O=C1C(=O)N(Cc2cccnc2)[C@H](c2cccc([N+](=O)[O-])c2)C1=C(O)c1ccc2c(c1)OCCO2. The van der Waals surface area contributed by atoms with E-state index in [1.165, 1.54) is 29.2 Å². The third-order valence-electron chi connectivity index (χ3n) is 5.83. The van der Waals surface area contributed by atoms with Crippen molar-refractivity contribution in [1.29, 1.82) is 0 Å². The molecule has 3 aromatic rings. The van der Waals surface area contributed by atoms with Crippen LogP contribution < -0.4 is 9.47 Å². The molecule has 176 valence electrons. The third-order valence-corrected chi connectivity index (χ3v) is 5.83. The van der Waals surface area contributed by atoms with Crippen molar-refractivity contribution in [2.24, 2.45) is 0 Å². The molecule has 1 atom stereocenters. The minimum Gasteiger partial charge on any atom is -0.507 e. The summed E-state index contributed by atoms with van der Waals surface area (Å²) in [6.07, 6.45) is 3.14. The first kappa shape index (κ1) is 22.1. The van der Waals surface area contributed by atoms with E-state index in [1.54, 1.807) is 42.7 Å². The van der Waals surface area contributed by atoms with Crippen molar-refractivity contribution in [1.82, 2.24) is 9.88 Å². The Balaban J connectivity index is 1.65. The highest BCUT2D eigenvalue weighted by atomic mass is 16.6. The van der Waals surface area contributed by atoms with Gasteiger partial charge in [-0.2, -0.15) is 0 Å². The van der Waals surface area contributed by atoms with Gasteiger partial charge < -0.3 is 19.5 Å². The second kappa shape index (κ2) is 8.90. The van der Waals surface area contributed by atoms with Crippen LogP contribution in [0.15, 0.2) is 72.6 Å². The summed E-state index contributed by atoms with van der Waals surface area (Å²) >= 11 is 0. The number of ketones is 1. The first-order valence-corrected chi connectivity index (χ1v) is 10.8. The van der Waals surface area contributed by atoms with Crippen LogP contribution in [-0.2, 0) is 16.1 Å². The van der Waals surface area contributed by atoms with Gasteiger partial charge in [-0.15, -0.1) is 0 Å². The zero-order valence-corrected chi connectivity index (χ0v) is 18.3. The number of aliphatic hydroxyl groups is 1. The molecule has 10 heteroatoms. The number of hydrogen-bond acceptors (Lipinski definition) is 8. The van der Waals surface area contributed by atoms with Crippen LogP contribution in [0.1, 0.15) is 22.7 Å². The normalized spacial score (nSPS) is 18.5. The van der Waals surface area contributed by atoms with Gasteiger partial charge in [0.2, 0.25) is 0 Å². The molecule has 0 spiro atoms. The lowest BCUT2D eigenvalue weighted by molar-refractivity contribution is -0.384. The molecule has 2 aliphatic heterocycles. The molecule has 0 saturated carbocycles. The van der Waals surface area contributed by atoms with Gasteiger partial charge >= 0.3 is 0 Å². The van der Waals surface area contributed by atoms with Crippen molar-refractivity contribution in [2.45, 2.75) is 12.6 Å². The fourth-order valence-electron chi connectivity index (χ4n) is 4.23. The molecule has 2 aromatic carbocycles. The van der Waals surface area contributed by atoms with Crippen molar-refractivity contribution in [3.8, 4) is 11.5 Å². The molecule has 0 radical (unpaired) electrons. The lowest BCUT2D eigenvalue weighted by Crippen LogP contribution is -2.29. The number of ether oxygens (including phenoxy) is 2. The largest absolute Gasteiger partial charge is 0.507 e. The number of aromatic nitrogens is 1. The minimum absolute atomic E-state index is 0.0176. The molecule has 1 saturated heterocycles. The first-order chi connectivity index (χ1) is 16.9. The Morgan fingerprint density at radius 3 is 2.63 bits per heavy atom. The number of hydrogen-bond donors (Lipinski definition) is 1. The molecule has 1 aromatic heterocycles. The molecule has 35 heavy (non-hydrogen) atoms. The summed E-state index contributed by atoms with van der Waals surface area (Å²) in [5.41, 5.74) is 0.861. The summed E-state index contributed by atoms with van der Waals surface area (Å²) in [4.78, 5) is 42.5. The smallest absolute Gasteiger partial charge is 0.295 e. The zero-order chi connectivity index (χ0) is 24.5. The number of Topliss-reactive ketones (excluding diaryl/α,β-unsaturated/α-hetero) is 1. The Hall–Kier alpha value is -4.73. The molecule has 1 amide bonds. The summed E-state index contributed by atoms with van der Waals surface area (Å²) in [5.74, 6) is -1.23. The molecule has 1 N–H and O–H groups in total. The van der Waals surface area contributed by atoms with Gasteiger partial charge in [0, 0.05) is 36.6 Å². The van der Waals surface area contributed by atoms with E-state index in [9.17, 15) is 24.8 Å². The van der Waals surface area contributed by atoms with Crippen LogP contribution in [0.4, 0.5) is 5.69 Å². The van der Waals surface area contributed by atoms with Gasteiger partial charge in [-0.05, 0) is 35.4 Å². The zero-order valence-electron chi connectivity index (χ0n) is 18.3. The van der Waals surface area contributed by atoms with Crippen LogP contribution in [-0.4, -0.2) is 44.8 Å². The van der Waals surface area contributed by atoms with E-state index < -0.39 is 28.4 Å². The number of rotatable bonds is 5. The van der Waals surface area contributed by atoms with Crippen LogP contribution in [0.3, 0.4) is 0 Å². The van der Waals surface area contributed by atoms with E-state index in [2.05, 4.69) is 4.98 Å². The standard InChI is InChI=1S/C25H19N3O7/c29-23(17-6-7-19-20(12-17)35-10-9-34-19)21-22(16-4-1-5-18(11-16)28(32)33)27(25(31)24(21)30)14-15-3-2-8-26-13-15/h1-8,11-13,22,29H,9-10,14H2/t22-/m1/s1. The second-order valence-corrected chi connectivity index (χ2v) is 8.00. The average molecular weight is 473 g/mol. The first-order valence-electron chi connectivity index (χ1n) is 10.8. The summed E-state index contributed by atoms with van der Waals surface area (Å²) in [7, 11) is 0. The van der Waals surface area contributed by atoms with E-state index in [0.29, 0.717) is 35.8 Å². The molecule has 0 bridgehead atoms. The highest BCUT2D eigenvalue weighted by molar-refractivity contribution is 6.46. The number of fused-ring (bicyclic) bond motifs is 1. The molecule has 3 heterocycles. The highest BCUT2D eigenvalue weighted by Gasteiger charge is 2.46. The Morgan fingerprint density at radius 1 is 1.09 bits per heavy atom. The van der Waals surface area contributed by atoms with Crippen molar-refractivity contribution >= 4 is 23.1 Å². The monoisotopic (exact) mass is 473 g/mol. The number of amides is 1. The van der Waals surface area contributed by atoms with Crippen LogP contribution in [0.2, 0.25) is 0 Å². The average Bonchev–Trinajstić information content (AvgIpc) is 3.13. The number of carbonyl (C=O) groups excluding carboxylic acids is 2. The fraction of sp³-hybridized carbons (Fsp3) is 0.160. The summed E-state index contributed by atoms with van der Waals surface area (Å²) in [6, 6.07) is 12.8. The fourth-order valence-corrected chi connectivity index (χ4v) is 4.23. The molecule has 5 rings (SSSR count). The van der Waals surface area contributed by atoms with Crippen molar-refractivity contribution < 1.29 is 29.1 Å². The van der Waals surface area contributed by atoms with Crippen molar-refractivity contribution in [3.05, 3.63) is 99.4 Å². The highest BCUT2D eigenvalue weighted by Crippen LogP contribution is 2.42. The summed E-state index contributed by atoms with van der Waals surface area (Å²) in [5, 5.41) is 22.6. The maximum absolute atomic E-state index is 13.2. The third kappa shape index (κ3) is 4.05. The van der Waals surface area contributed by atoms with Gasteiger partial charge in [0.15, 0.2) is 11.5 Å². The van der Waals surface area contributed by atoms with E-state index in [-0.39, 0.29) is 23.4 Å². The number of carbonyl (C=O) groups is 2. The molecular weight excluding hydrogens is 454 g/mol. The van der Waals surface area contributed by atoms with Crippen LogP contribution >= 0.6 is 0 Å². The van der Waals surface area contributed by atoms with Crippen molar-refractivity contribution in [2.75, 3.05) is 13.2 Å². The quantitative estimate of drug-likeness (QED) is 0.196. The van der Waals surface area contributed by atoms with Gasteiger partial charge in [0.25, 0.3) is 17.4 Å².